The third-order valence-electron chi connectivity index (χ3n) is 14.6. The predicted molar refractivity (Wildman–Crippen MR) is 203 cm³/mol. The molecule has 0 amide bonds. The SMILES string of the molecule is c1ccc2c(c1)Oc1c(-c3nc(-c4ccc5ccccc5c4)nc(C45CC6CC7C[C@@H](C4)C76C5)n3)cccc1C21c2ccccc2-c2ccccc21. The van der Waals surface area contributed by atoms with Crippen LogP contribution in [-0.4, -0.2) is 15.0 Å². The van der Waals surface area contributed by atoms with Crippen LogP contribution in [0.4, 0.5) is 0 Å². The first-order chi connectivity index (χ1) is 25.7. The molecule has 1 aliphatic heterocycles. The van der Waals surface area contributed by atoms with Crippen LogP contribution in [0.1, 0.15) is 60.2 Å². The fraction of sp³-hybridized carbons (Fsp3) is 0.229. The molecule has 0 saturated heterocycles. The molecule has 1 aromatic heterocycles. The molecule has 7 aromatic rings. The van der Waals surface area contributed by atoms with Gasteiger partial charge in [0, 0.05) is 22.1 Å². The van der Waals surface area contributed by atoms with E-state index >= 15 is 0 Å². The van der Waals surface area contributed by atoms with E-state index in [2.05, 4.69) is 133 Å². The number of fused-ring (bicyclic) bond motifs is 11. The highest BCUT2D eigenvalue weighted by molar-refractivity contribution is 5.90. The number of rotatable bonds is 3. The van der Waals surface area contributed by atoms with Crippen molar-refractivity contribution in [2.24, 2.45) is 23.2 Å². The Balaban J connectivity index is 1.07. The van der Waals surface area contributed by atoms with Gasteiger partial charge in [-0.2, -0.15) is 0 Å². The molecule has 2 spiro atoms. The minimum atomic E-state index is -0.535. The Kier molecular flexibility index (Phi) is 5.08. The molecule has 13 rings (SSSR count). The van der Waals surface area contributed by atoms with E-state index in [1.165, 1.54) is 70.7 Å². The summed E-state index contributed by atoms with van der Waals surface area (Å²) in [6, 6.07) is 48.2. The molecule has 2 bridgehead atoms. The molecular weight excluding hydrogens is 635 g/mol. The summed E-state index contributed by atoms with van der Waals surface area (Å²) < 4.78 is 7.07. The molecule has 4 heteroatoms. The maximum atomic E-state index is 7.07. The van der Waals surface area contributed by atoms with Crippen LogP contribution in [0.2, 0.25) is 0 Å². The van der Waals surface area contributed by atoms with Gasteiger partial charge in [0.25, 0.3) is 0 Å². The van der Waals surface area contributed by atoms with Gasteiger partial charge in [0.05, 0.1) is 11.0 Å². The van der Waals surface area contributed by atoms with Crippen molar-refractivity contribution in [1.82, 2.24) is 15.0 Å². The van der Waals surface area contributed by atoms with E-state index in [9.17, 15) is 0 Å². The molecule has 5 atom stereocenters. The van der Waals surface area contributed by atoms with Gasteiger partial charge < -0.3 is 4.74 Å². The maximum Gasteiger partial charge on any atom is 0.167 e. The molecule has 52 heavy (non-hydrogen) atoms. The first kappa shape index (κ1) is 28.0. The molecule has 4 nitrogen and oxygen atoms in total. The molecule has 5 aliphatic carbocycles. The van der Waals surface area contributed by atoms with Crippen molar-refractivity contribution in [3.63, 3.8) is 0 Å². The second-order valence-electron chi connectivity index (χ2n) is 16.5. The van der Waals surface area contributed by atoms with E-state index in [0.717, 1.165) is 57.6 Å². The van der Waals surface area contributed by atoms with Gasteiger partial charge in [0.15, 0.2) is 11.6 Å². The number of hydrogen-bond donors (Lipinski definition) is 0. The molecule has 4 fully saturated rings. The molecule has 4 unspecified atom stereocenters. The fourth-order valence-corrected chi connectivity index (χ4v) is 12.6. The Morgan fingerprint density at radius 2 is 1.15 bits per heavy atom. The summed E-state index contributed by atoms with van der Waals surface area (Å²) in [4.78, 5) is 16.4. The number of nitrogens with zero attached hydrogens (tertiary/aromatic N) is 3. The molecule has 0 radical (unpaired) electrons. The van der Waals surface area contributed by atoms with E-state index in [-0.39, 0.29) is 5.41 Å². The van der Waals surface area contributed by atoms with Gasteiger partial charge in [-0.15, -0.1) is 0 Å². The van der Waals surface area contributed by atoms with Crippen LogP contribution in [-0.2, 0) is 10.8 Å². The summed E-state index contributed by atoms with van der Waals surface area (Å²) in [7, 11) is 0. The van der Waals surface area contributed by atoms with Crippen molar-refractivity contribution >= 4 is 10.8 Å². The van der Waals surface area contributed by atoms with Crippen LogP contribution in [0.15, 0.2) is 133 Å². The third-order valence-corrected chi connectivity index (χ3v) is 14.6. The number of ether oxygens (including phenoxy) is 1. The number of para-hydroxylation sites is 2. The van der Waals surface area contributed by atoms with Crippen LogP contribution in [0, 0.1) is 23.2 Å². The molecule has 6 aromatic carbocycles. The first-order valence-electron chi connectivity index (χ1n) is 19.0. The average molecular weight is 670 g/mol. The van der Waals surface area contributed by atoms with Gasteiger partial charge in [0.2, 0.25) is 0 Å². The topological polar surface area (TPSA) is 47.9 Å². The number of aromatic nitrogens is 3. The number of hydrogen-bond acceptors (Lipinski definition) is 4. The van der Waals surface area contributed by atoms with Crippen LogP contribution in [0.5, 0.6) is 11.5 Å². The summed E-state index contributed by atoms with van der Waals surface area (Å²) in [5.74, 6) is 6.77. The second kappa shape index (κ2) is 9.43. The van der Waals surface area contributed by atoms with Gasteiger partial charge in [-0.25, -0.2) is 15.0 Å². The zero-order chi connectivity index (χ0) is 33.8. The van der Waals surface area contributed by atoms with Gasteiger partial charge in [-0.3, -0.25) is 0 Å². The monoisotopic (exact) mass is 669 g/mol. The summed E-state index contributed by atoms with van der Waals surface area (Å²) in [6.07, 6.45) is 6.48. The Bertz CT molecular complexity index is 2650. The van der Waals surface area contributed by atoms with E-state index in [1.54, 1.807) is 0 Å². The van der Waals surface area contributed by atoms with Gasteiger partial charge in [0.1, 0.15) is 17.3 Å². The quantitative estimate of drug-likeness (QED) is 0.188. The Labute approximate surface area is 302 Å². The lowest BCUT2D eigenvalue weighted by molar-refractivity contribution is -0.175. The van der Waals surface area contributed by atoms with Gasteiger partial charge in [-0.05, 0) is 106 Å². The minimum Gasteiger partial charge on any atom is -0.456 e. The Morgan fingerprint density at radius 3 is 1.90 bits per heavy atom. The highest BCUT2D eigenvalue weighted by atomic mass is 16.5. The van der Waals surface area contributed by atoms with Gasteiger partial charge >= 0.3 is 0 Å². The summed E-state index contributed by atoms with van der Waals surface area (Å²) in [6.45, 7) is 0. The number of benzene rings is 6. The lowest BCUT2D eigenvalue weighted by Gasteiger charge is -2.66. The van der Waals surface area contributed by atoms with Crippen molar-refractivity contribution in [2.75, 3.05) is 0 Å². The molecule has 0 N–H and O–H groups in total. The second-order valence-corrected chi connectivity index (χ2v) is 16.5. The Morgan fingerprint density at radius 1 is 0.519 bits per heavy atom. The first-order valence-corrected chi connectivity index (χ1v) is 19.0. The van der Waals surface area contributed by atoms with Crippen LogP contribution in [0.25, 0.3) is 44.7 Å². The van der Waals surface area contributed by atoms with E-state index in [4.69, 9.17) is 19.7 Å². The van der Waals surface area contributed by atoms with Crippen molar-refractivity contribution in [3.05, 3.63) is 162 Å². The highest BCUT2D eigenvalue weighted by Gasteiger charge is 2.78. The summed E-state index contributed by atoms with van der Waals surface area (Å²) in [5, 5.41) is 2.41. The molecule has 248 valence electrons. The van der Waals surface area contributed by atoms with Crippen LogP contribution < -0.4 is 4.74 Å². The molecule has 2 heterocycles. The standard InChI is InChI=1S/C48H35N3O/c1-2-11-29-22-30(21-20-28(29)10-1)43-49-44(51-45(50-43)46-25-32-23-31-24-33(26-46)47(31,32)27-46)36-14-9-18-40-42(36)52-41-19-8-7-17-39(41)48(40)37-15-5-3-12-34(37)35-13-4-6-16-38(35)48/h1-22,31-33H,23-27H2/t31?,32-,33?,46?,47?/m0/s1. The lowest BCUT2D eigenvalue weighted by Crippen LogP contribution is -2.59. The van der Waals surface area contributed by atoms with Gasteiger partial charge in [-0.1, -0.05) is 115 Å². The van der Waals surface area contributed by atoms with Crippen molar-refractivity contribution in [2.45, 2.75) is 42.9 Å². The molecule has 4 saturated carbocycles. The zero-order valence-electron chi connectivity index (χ0n) is 28.7. The van der Waals surface area contributed by atoms with Crippen molar-refractivity contribution < 1.29 is 4.74 Å². The minimum absolute atomic E-state index is 0.0245. The van der Waals surface area contributed by atoms with E-state index < -0.39 is 5.41 Å². The van der Waals surface area contributed by atoms with Crippen molar-refractivity contribution in [3.8, 4) is 45.4 Å². The predicted octanol–water partition coefficient (Wildman–Crippen LogP) is 10.9. The van der Waals surface area contributed by atoms with Crippen molar-refractivity contribution in [1.29, 1.82) is 0 Å². The highest BCUT2D eigenvalue weighted by Crippen LogP contribution is 2.84. The fourth-order valence-electron chi connectivity index (χ4n) is 12.6. The average Bonchev–Trinajstić information content (AvgIpc) is 3.80. The molecule has 6 aliphatic rings. The largest absolute Gasteiger partial charge is 0.456 e. The van der Waals surface area contributed by atoms with Crippen LogP contribution in [0.3, 0.4) is 0 Å². The molecular formula is C48H35N3O. The van der Waals surface area contributed by atoms with Crippen LogP contribution >= 0.6 is 0 Å². The zero-order valence-corrected chi connectivity index (χ0v) is 28.7. The normalized spacial score (nSPS) is 27.1. The lowest BCUT2D eigenvalue weighted by atomic mass is 9.38. The van der Waals surface area contributed by atoms with E-state index in [0.29, 0.717) is 11.2 Å². The summed E-state index contributed by atoms with van der Waals surface area (Å²) in [5.41, 5.74) is 9.43. The third kappa shape index (κ3) is 3.21. The Hall–Kier alpha value is -5.61. The van der Waals surface area contributed by atoms with E-state index in [1.807, 2.05) is 0 Å². The maximum absolute atomic E-state index is 7.07. The summed E-state index contributed by atoms with van der Waals surface area (Å²) >= 11 is 0. The smallest absolute Gasteiger partial charge is 0.167 e.